The number of fused-ring (bicyclic) bond motifs is 7. The fourth-order valence-electron chi connectivity index (χ4n) is 8.56. The first-order chi connectivity index (χ1) is 25.5. The number of anilines is 3. The van der Waals surface area contributed by atoms with Crippen molar-refractivity contribution in [1.29, 1.82) is 0 Å². The van der Waals surface area contributed by atoms with Gasteiger partial charge in [0.25, 0.3) is 0 Å². The molecule has 1 nitrogen and oxygen atoms in total. The van der Waals surface area contributed by atoms with Crippen molar-refractivity contribution < 1.29 is 0 Å². The Morgan fingerprint density at radius 2 is 0.942 bits per heavy atom. The van der Waals surface area contributed by atoms with Crippen molar-refractivity contribution in [3.8, 4) is 33.4 Å². The highest BCUT2D eigenvalue weighted by molar-refractivity contribution is 6.13. The van der Waals surface area contributed by atoms with Crippen molar-refractivity contribution in [2.75, 3.05) is 4.90 Å². The largest absolute Gasteiger partial charge is 0.310 e. The van der Waals surface area contributed by atoms with Crippen LogP contribution in [-0.2, 0) is 5.41 Å². The molecule has 0 atom stereocenters. The number of hydrogen-bond acceptors (Lipinski definition) is 1. The third kappa shape index (κ3) is 4.85. The van der Waals surface area contributed by atoms with E-state index in [2.05, 4.69) is 207 Å². The Morgan fingerprint density at radius 3 is 1.79 bits per heavy atom. The van der Waals surface area contributed by atoms with Crippen molar-refractivity contribution in [3.63, 3.8) is 0 Å². The second-order valence-electron chi connectivity index (χ2n) is 14.6. The van der Waals surface area contributed by atoms with Gasteiger partial charge in [-0.25, -0.2) is 0 Å². The molecule has 0 saturated heterocycles. The lowest BCUT2D eigenvalue weighted by Crippen LogP contribution is -2.16. The summed E-state index contributed by atoms with van der Waals surface area (Å²) in [5.41, 5.74) is 13.6. The minimum Gasteiger partial charge on any atom is -0.310 e. The lowest BCUT2D eigenvalue weighted by molar-refractivity contribution is 0.660. The molecule has 0 N–H and O–H groups in total. The zero-order chi connectivity index (χ0) is 34.8. The lowest BCUT2D eigenvalue weighted by atomic mass is 9.82. The van der Waals surface area contributed by atoms with Gasteiger partial charge in [0.15, 0.2) is 0 Å². The topological polar surface area (TPSA) is 3.24 Å². The summed E-state index contributed by atoms with van der Waals surface area (Å²) in [5, 5.41) is 7.61. The highest BCUT2D eigenvalue weighted by atomic mass is 15.1. The van der Waals surface area contributed by atoms with Crippen LogP contribution in [0.1, 0.15) is 25.0 Å². The van der Waals surface area contributed by atoms with Crippen molar-refractivity contribution in [2.24, 2.45) is 0 Å². The molecule has 0 aliphatic heterocycles. The summed E-state index contributed by atoms with van der Waals surface area (Å²) in [6.45, 7) is 4.71. The van der Waals surface area contributed by atoms with Gasteiger partial charge < -0.3 is 4.90 Å². The summed E-state index contributed by atoms with van der Waals surface area (Å²) in [4.78, 5) is 2.42. The molecule has 52 heavy (non-hydrogen) atoms. The van der Waals surface area contributed by atoms with Gasteiger partial charge in [-0.05, 0) is 125 Å². The fourth-order valence-corrected chi connectivity index (χ4v) is 8.56. The van der Waals surface area contributed by atoms with Gasteiger partial charge in [-0.2, -0.15) is 0 Å². The SMILES string of the molecule is CC1(C)c2ccccc2-c2ccc(N(c3ccc(-c4cc5ccccc5c5ccccc45)cc3)c3cccc(-c4ccc5ccccc5c4)c3)cc21. The fraction of sp³-hybridized carbons (Fsp3) is 0.0588. The molecule has 0 amide bonds. The van der Waals surface area contributed by atoms with Crippen LogP contribution in [0.2, 0.25) is 0 Å². The molecule has 246 valence electrons. The van der Waals surface area contributed by atoms with Crippen LogP contribution in [-0.4, -0.2) is 0 Å². The molecule has 0 aromatic heterocycles. The van der Waals surface area contributed by atoms with Crippen molar-refractivity contribution >= 4 is 49.4 Å². The molecule has 9 aromatic rings. The molecule has 0 heterocycles. The standard InChI is InChI=1S/C51H37N/c1-51(2)49-21-10-9-20-46(49)47-29-28-42(33-50(47)51)52(41-16-11-15-37(31-41)38-23-22-34-12-3-4-13-36(34)30-38)40-26-24-35(25-27-40)48-32-39-14-5-6-17-43(39)44-18-7-8-19-45(44)48/h3-33H,1-2H3. The normalized spacial score (nSPS) is 13.0. The average Bonchev–Trinajstić information content (AvgIpc) is 3.43. The van der Waals surface area contributed by atoms with E-state index in [0.717, 1.165) is 17.1 Å². The van der Waals surface area contributed by atoms with Gasteiger partial charge in [-0.1, -0.05) is 153 Å². The summed E-state index contributed by atoms with van der Waals surface area (Å²) in [6.07, 6.45) is 0. The molecule has 10 rings (SSSR count). The van der Waals surface area contributed by atoms with E-state index in [1.807, 2.05) is 0 Å². The lowest BCUT2D eigenvalue weighted by Gasteiger charge is -2.28. The molecule has 9 aromatic carbocycles. The van der Waals surface area contributed by atoms with E-state index in [1.165, 1.54) is 76.8 Å². The zero-order valence-electron chi connectivity index (χ0n) is 29.3. The van der Waals surface area contributed by atoms with Crippen LogP contribution in [0.15, 0.2) is 188 Å². The molecule has 1 aliphatic carbocycles. The molecule has 1 aliphatic rings. The summed E-state index contributed by atoms with van der Waals surface area (Å²) < 4.78 is 0. The molecular weight excluding hydrogens is 627 g/mol. The van der Waals surface area contributed by atoms with E-state index in [9.17, 15) is 0 Å². The molecule has 1 heteroatoms. The zero-order valence-corrected chi connectivity index (χ0v) is 29.3. The third-order valence-corrected chi connectivity index (χ3v) is 11.2. The Kier molecular flexibility index (Phi) is 6.91. The quantitative estimate of drug-likeness (QED) is 0.166. The van der Waals surface area contributed by atoms with Crippen LogP contribution in [0, 0.1) is 0 Å². The van der Waals surface area contributed by atoms with Crippen LogP contribution in [0.5, 0.6) is 0 Å². The molecule has 0 radical (unpaired) electrons. The number of benzene rings is 9. The Bertz CT molecular complexity index is 2820. The van der Waals surface area contributed by atoms with Crippen molar-refractivity contribution in [3.05, 3.63) is 199 Å². The van der Waals surface area contributed by atoms with Gasteiger partial charge in [0.1, 0.15) is 0 Å². The van der Waals surface area contributed by atoms with E-state index < -0.39 is 0 Å². The van der Waals surface area contributed by atoms with Crippen LogP contribution in [0.4, 0.5) is 17.1 Å². The van der Waals surface area contributed by atoms with Crippen LogP contribution in [0.3, 0.4) is 0 Å². The second kappa shape index (κ2) is 11.8. The van der Waals surface area contributed by atoms with Gasteiger partial charge in [0, 0.05) is 22.5 Å². The number of hydrogen-bond donors (Lipinski definition) is 0. The number of rotatable bonds is 5. The monoisotopic (exact) mass is 663 g/mol. The van der Waals surface area contributed by atoms with E-state index in [-0.39, 0.29) is 5.41 Å². The Morgan fingerprint density at radius 1 is 0.327 bits per heavy atom. The van der Waals surface area contributed by atoms with Gasteiger partial charge in [0.2, 0.25) is 0 Å². The van der Waals surface area contributed by atoms with Gasteiger partial charge in [-0.3, -0.25) is 0 Å². The first kappa shape index (κ1) is 30.4. The maximum absolute atomic E-state index is 2.42. The molecule has 0 fully saturated rings. The summed E-state index contributed by atoms with van der Waals surface area (Å²) >= 11 is 0. The molecular formula is C51H37N. The van der Waals surface area contributed by atoms with Crippen LogP contribution < -0.4 is 4.90 Å². The maximum atomic E-state index is 2.42. The Hall–Kier alpha value is -6.44. The third-order valence-electron chi connectivity index (χ3n) is 11.2. The predicted molar refractivity (Wildman–Crippen MR) is 222 cm³/mol. The first-order valence-corrected chi connectivity index (χ1v) is 18.2. The van der Waals surface area contributed by atoms with E-state index in [1.54, 1.807) is 0 Å². The van der Waals surface area contributed by atoms with E-state index in [4.69, 9.17) is 0 Å². The minimum atomic E-state index is -0.0957. The predicted octanol–water partition coefficient (Wildman–Crippen LogP) is 14.3. The summed E-state index contributed by atoms with van der Waals surface area (Å²) in [6, 6.07) is 69.2. The van der Waals surface area contributed by atoms with Crippen molar-refractivity contribution in [1.82, 2.24) is 0 Å². The molecule has 0 spiro atoms. The summed E-state index contributed by atoms with van der Waals surface area (Å²) in [5.74, 6) is 0. The van der Waals surface area contributed by atoms with Gasteiger partial charge in [0.05, 0.1) is 0 Å². The minimum absolute atomic E-state index is 0.0957. The van der Waals surface area contributed by atoms with E-state index >= 15 is 0 Å². The van der Waals surface area contributed by atoms with Crippen molar-refractivity contribution in [2.45, 2.75) is 19.3 Å². The Balaban J connectivity index is 1.13. The Labute approximate surface area is 305 Å². The second-order valence-corrected chi connectivity index (χ2v) is 14.6. The average molecular weight is 664 g/mol. The maximum Gasteiger partial charge on any atom is 0.0467 e. The smallest absolute Gasteiger partial charge is 0.0467 e. The highest BCUT2D eigenvalue weighted by Crippen LogP contribution is 2.51. The van der Waals surface area contributed by atoms with Gasteiger partial charge >= 0.3 is 0 Å². The van der Waals surface area contributed by atoms with Gasteiger partial charge in [-0.15, -0.1) is 0 Å². The molecule has 0 saturated carbocycles. The molecule has 0 unspecified atom stereocenters. The number of nitrogens with zero attached hydrogens (tertiary/aromatic N) is 1. The van der Waals surface area contributed by atoms with E-state index in [0.29, 0.717) is 0 Å². The molecule has 0 bridgehead atoms. The highest BCUT2D eigenvalue weighted by Gasteiger charge is 2.35. The van der Waals surface area contributed by atoms with Crippen LogP contribution in [0.25, 0.3) is 65.7 Å². The van der Waals surface area contributed by atoms with Crippen LogP contribution >= 0.6 is 0 Å². The first-order valence-electron chi connectivity index (χ1n) is 18.2. The summed E-state index contributed by atoms with van der Waals surface area (Å²) in [7, 11) is 0.